The Bertz CT molecular complexity index is 708. The number of benzene rings is 1. The summed E-state index contributed by atoms with van der Waals surface area (Å²) in [5, 5.41) is 8.22. The van der Waals surface area contributed by atoms with E-state index >= 15 is 0 Å². The second-order valence-electron chi connectivity index (χ2n) is 3.97. The molecular formula is C13H7ClF3NO3. The molecule has 2 rings (SSSR count). The zero-order valence-corrected chi connectivity index (χ0v) is 11.2. The molecule has 0 aliphatic rings. The predicted octanol–water partition coefficient (Wildman–Crippen LogP) is 3.95. The summed E-state index contributed by atoms with van der Waals surface area (Å²) < 4.78 is 46.0. The van der Waals surface area contributed by atoms with Gasteiger partial charge in [0.2, 0.25) is 17.4 Å². The lowest BCUT2D eigenvalue weighted by molar-refractivity contribution is 0.0693. The lowest BCUT2D eigenvalue weighted by atomic mass is 10.2. The van der Waals surface area contributed by atoms with Gasteiger partial charge in [-0.25, -0.2) is 18.6 Å². The van der Waals surface area contributed by atoms with Gasteiger partial charge in [0.25, 0.3) is 0 Å². The first kappa shape index (κ1) is 15.1. The molecule has 0 atom stereocenters. The van der Waals surface area contributed by atoms with Gasteiger partial charge in [-0.1, -0.05) is 11.6 Å². The minimum absolute atomic E-state index is 0.363. The highest BCUT2D eigenvalue weighted by Crippen LogP contribution is 2.36. The normalized spacial score (nSPS) is 10.5. The van der Waals surface area contributed by atoms with Gasteiger partial charge in [-0.2, -0.15) is 4.39 Å². The Morgan fingerprint density at radius 2 is 1.95 bits per heavy atom. The molecule has 0 aliphatic carbocycles. The van der Waals surface area contributed by atoms with Crippen molar-refractivity contribution in [3.8, 4) is 11.6 Å². The molecule has 21 heavy (non-hydrogen) atoms. The third-order valence-electron chi connectivity index (χ3n) is 2.64. The molecule has 0 unspecified atom stereocenters. The van der Waals surface area contributed by atoms with Crippen molar-refractivity contribution in [2.24, 2.45) is 0 Å². The van der Waals surface area contributed by atoms with Crippen LogP contribution in [0.25, 0.3) is 0 Å². The van der Waals surface area contributed by atoms with Crippen molar-refractivity contribution in [3.05, 3.63) is 51.9 Å². The van der Waals surface area contributed by atoms with E-state index in [0.717, 1.165) is 19.2 Å². The van der Waals surface area contributed by atoms with Crippen LogP contribution in [0, 0.1) is 24.4 Å². The van der Waals surface area contributed by atoms with E-state index in [1.54, 1.807) is 0 Å². The van der Waals surface area contributed by atoms with Crippen LogP contribution in [0.3, 0.4) is 0 Å². The molecule has 1 aromatic heterocycles. The molecule has 1 aromatic carbocycles. The molecule has 8 heteroatoms. The molecule has 0 amide bonds. The van der Waals surface area contributed by atoms with Crippen LogP contribution >= 0.6 is 11.6 Å². The van der Waals surface area contributed by atoms with Gasteiger partial charge in [-0.3, -0.25) is 0 Å². The van der Waals surface area contributed by atoms with E-state index in [-0.39, 0.29) is 5.56 Å². The van der Waals surface area contributed by atoms with E-state index in [9.17, 15) is 18.0 Å². The van der Waals surface area contributed by atoms with Crippen molar-refractivity contribution in [1.82, 2.24) is 4.98 Å². The van der Waals surface area contributed by atoms with E-state index in [0.29, 0.717) is 0 Å². The van der Waals surface area contributed by atoms with Crippen molar-refractivity contribution in [1.29, 1.82) is 0 Å². The Morgan fingerprint density at radius 3 is 2.57 bits per heavy atom. The molecule has 0 fully saturated rings. The molecule has 0 spiro atoms. The maximum Gasteiger partial charge on any atom is 0.341 e. The molecule has 0 saturated heterocycles. The van der Waals surface area contributed by atoms with Crippen LogP contribution < -0.4 is 4.74 Å². The van der Waals surface area contributed by atoms with Gasteiger partial charge >= 0.3 is 5.97 Å². The van der Waals surface area contributed by atoms with Gasteiger partial charge in [-0.05, 0) is 19.1 Å². The van der Waals surface area contributed by atoms with Crippen LogP contribution in [0.5, 0.6) is 11.6 Å². The first-order chi connectivity index (χ1) is 9.84. The van der Waals surface area contributed by atoms with E-state index in [1.165, 1.54) is 6.07 Å². The summed E-state index contributed by atoms with van der Waals surface area (Å²) in [6.45, 7) is 1.13. The molecule has 110 valence electrons. The summed E-state index contributed by atoms with van der Waals surface area (Å²) in [5.41, 5.74) is -0.789. The Kier molecular flexibility index (Phi) is 4.04. The molecule has 2 aromatic rings. The number of aromatic carboxylic acids is 1. The van der Waals surface area contributed by atoms with Crippen LogP contribution in [-0.2, 0) is 0 Å². The number of nitrogens with zero attached hydrogens (tertiary/aromatic N) is 1. The number of rotatable bonds is 3. The van der Waals surface area contributed by atoms with Gasteiger partial charge in [0.1, 0.15) is 5.56 Å². The summed E-state index contributed by atoms with van der Waals surface area (Å²) in [6.07, 6.45) is 1.16. The van der Waals surface area contributed by atoms with E-state index in [2.05, 4.69) is 4.98 Å². The van der Waals surface area contributed by atoms with Gasteiger partial charge in [0, 0.05) is 11.8 Å². The van der Waals surface area contributed by atoms with Crippen LogP contribution in [0.4, 0.5) is 13.2 Å². The molecule has 1 N–H and O–H groups in total. The highest BCUT2D eigenvalue weighted by molar-refractivity contribution is 6.31. The summed E-state index contributed by atoms with van der Waals surface area (Å²) in [7, 11) is 0. The average Bonchev–Trinajstić information content (AvgIpc) is 2.48. The fraction of sp³-hybridized carbons (Fsp3) is 0.0769. The fourth-order valence-electron chi connectivity index (χ4n) is 1.54. The average molecular weight is 318 g/mol. The lowest BCUT2D eigenvalue weighted by Gasteiger charge is -2.12. The number of carboxylic acids is 1. The van der Waals surface area contributed by atoms with Crippen molar-refractivity contribution < 1.29 is 27.8 Å². The van der Waals surface area contributed by atoms with Crippen LogP contribution in [0.1, 0.15) is 15.9 Å². The number of hydrogen-bond donors (Lipinski definition) is 1. The zero-order valence-electron chi connectivity index (χ0n) is 10.5. The number of hydrogen-bond acceptors (Lipinski definition) is 3. The van der Waals surface area contributed by atoms with E-state index in [1.807, 2.05) is 0 Å². The van der Waals surface area contributed by atoms with Crippen LogP contribution in [0.2, 0.25) is 5.02 Å². The number of carboxylic acid groups (broad SMARTS) is 1. The Balaban J connectivity index is 2.58. The van der Waals surface area contributed by atoms with E-state index in [4.69, 9.17) is 21.4 Å². The van der Waals surface area contributed by atoms with Crippen LogP contribution in [0.15, 0.2) is 18.3 Å². The fourth-order valence-corrected chi connectivity index (χ4v) is 1.71. The predicted molar refractivity (Wildman–Crippen MR) is 67.3 cm³/mol. The monoisotopic (exact) mass is 317 g/mol. The third kappa shape index (κ3) is 2.64. The smallest absolute Gasteiger partial charge is 0.341 e. The molecule has 0 bridgehead atoms. The summed E-state index contributed by atoms with van der Waals surface area (Å²) in [6, 6.07) is 2.43. The second-order valence-corrected chi connectivity index (χ2v) is 4.35. The van der Waals surface area contributed by atoms with Gasteiger partial charge < -0.3 is 9.84 Å². The van der Waals surface area contributed by atoms with Crippen molar-refractivity contribution in [2.45, 2.75) is 6.92 Å². The summed E-state index contributed by atoms with van der Waals surface area (Å²) in [4.78, 5) is 14.5. The zero-order chi connectivity index (χ0) is 15.7. The Labute approximate surface area is 121 Å². The highest BCUT2D eigenvalue weighted by atomic mass is 35.5. The standard InChI is InChI=1S/C13H7ClF3NO3/c1-5-7(14)9(16)10(17)11(8(5)15)21-12-6(13(19)20)3-2-4-18-12/h2-4H,1H3,(H,19,20). The SMILES string of the molecule is Cc1c(F)c(Oc2ncccc2C(=O)O)c(F)c(F)c1Cl. The highest BCUT2D eigenvalue weighted by Gasteiger charge is 2.25. The van der Waals surface area contributed by atoms with Crippen molar-refractivity contribution in [2.75, 3.05) is 0 Å². The number of halogens is 4. The van der Waals surface area contributed by atoms with Crippen molar-refractivity contribution >= 4 is 17.6 Å². The third-order valence-corrected chi connectivity index (χ3v) is 3.09. The van der Waals surface area contributed by atoms with Gasteiger partial charge in [-0.15, -0.1) is 0 Å². The van der Waals surface area contributed by atoms with Crippen LogP contribution in [-0.4, -0.2) is 16.1 Å². The van der Waals surface area contributed by atoms with Gasteiger partial charge in [0.15, 0.2) is 11.6 Å². The number of aromatic nitrogens is 1. The quantitative estimate of drug-likeness (QED) is 0.688. The summed E-state index contributed by atoms with van der Waals surface area (Å²) in [5.74, 6) is -7.46. The molecule has 1 heterocycles. The minimum Gasteiger partial charge on any atom is -0.477 e. The van der Waals surface area contributed by atoms with Crippen molar-refractivity contribution in [3.63, 3.8) is 0 Å². The molecule has 0 saturated carbocycles. The molecular weight excluding hydrogens is 311 g/mol. The number of carbonyl (C=O) groups is 1. The first-order valence-corrected chi connectivity index (χ1v) is 5.91. The molecule has 4 nitrogen and oxygen atoms in total. The maximum atomic E-state index is 13.9. The Morgan fingerprint density at radius 1 is 1.29 bits per heavy atom. The Hall–Kier alpha value is -2.28. The van der Waals surface area contributed by atoms with Gasteiger partial charge in [0.05, 0.1) is 5.02 Å². The summed E-state index contributed by atoms with van der Waals surface area (Å²) >= 11 is 5.42. The first-order valence-electron chi connectivity index (χ1n) is 5.53. The topological polar surface area (TPSA) is 59.4 Å². The number of pyridine rings is 1. The van der Waals surface area contributed by atoms with E-state index < -0.39 is 45.6 Å². The molecule has 0 aliphatic heterocycles. The molecule has 0 radical (unpaired) electrons. The second kappa shape index (κ2) is 5.61. The minimum atomic E-state index is -1.66. The largest absolute Gasteiger partial charge is 0.477 e. The maximum absolute atomic E-state index is 13.9. The number of ether oxygens (including phenoxy) is 1. The lowest BCUT2D eigenvalue weighted by Crippen LogP contribution is -2.05.